The molecule has 0 saturated heterocycles. The van der Waals surface area contributed by atoms with Crippen LogP contribution in [0.3, 0.4) is 0 Å². The van der Waals surface area contributed by atoms with Crippen molar-refractivity contribution >= 4 is 0 Å². The van der Waals surface area contributed by atoms with E-state index in [-0.39, 0.29) is 5.92 Å². The van der Waals surface area contributed by atoms with E-state index in [9.17, 15) is 10.2 Å². The van der Waals surface area contributed by atoms with Gasteiger partial charge in [0, 0.05) is 5.92 Å². The molecular weight excluding hydrogens is 260 g/mol. The van der Waals surface area contributed by atoms with Crippen LogP contribution in [-0.4, -0.2) is 16.5 Å². The zero-order valence-electron chi connectivity index (χ0n) is 13.9. The highest BCUT2D eigenvalue weighted by Crippen LogP contribution is 2.73. The molecule has 0 radical (unpaired) electrons. The van der Waals surface area contributed by atoms with Crippen LogP contribution in [0.1, 0.15) is 47.0 Å². The molecule has 0 aromatic rings. The Kier molecular flexibility index (Phi) is 3.25. The van der Waals surface area contributed by atoms with Gasteiger partial charge < -0.3 is 10.2 Å². The number of aliphatic hydroxyl groups excluding tert-OH is 1. The fourth-order valence-electron chi connectivity index (χ4n) is 7.99. The summed E-state index contributed by atoms with van der Waals surface area (Å²) in [5.74, 6) is 8.57. The summed E-state index contributed by atoms with van der Waals surface area (Å²) in [6, 6.07) is 0. The predicted octanol–water partition coefficient (Wildman–Crippen LogP) is 3.38. The second kappa shape index (κ2) is 4.71. The Balaban J connectivity index is 1.65. The standard InChI is InChI=1S/C19H32O2/c1-8(2)15-13-7-14(16(15)9(3)4)18-11-5-10(17(13)18)6-12(11)19(20)21/h8-21H,5-7H2,1-4H3. The first kappa shape index (κ1) is 14.5. The average molecular weight is 292 g/mol. The van der Waals surface area contributed by atoms with E-state index >= 15 is 0 Å². The molecule has 2 heteroatoms. The first-order valence-electron chi connectivity index (χ1n) is 9.28. The van der Waals surface area contributed by atoms with Crippen molar-refractivity contribution in [1.82, 2.24) is 0 Å². The van der Waals surface area contributed by atoms with Crippen molar-refractivity contribution in [2.75, 3.05) is 0 Å². The summed E-state index contributed by atoms with van der Waals surface area (Å²) in [6.07, 6.45) is 2.75. The van der Waals surface area contributed by atoms with Crippen molar-refractivity contribution in [3.63, 3.8) is 0 Å². The molecule has 0 amide bonds. The number of fused-ring (bicyclic) bond motifs is 9. The zero-order chi connectivity index (χ0) is 15.0. The summed E-state index contributed by atoms with van der Waals surface area (Å²) in [5, 5.41) is 19.5. The average Bonchev–Trinajstić information content (AvgIpc) is 3.13. The lowest BCUT2D eigenvalue weighted by molar-refractivity contribution is -0.121. The minimum Gasteiger partial charge on any atom is -0.368 e. The Morgan fingerprint density at radius 3 is 1.81 bits per heavy atom. The molecule has 0 spiro atoms. The second-order valence-electron chi connectivity index (χ2n) is 9.33. The first-order chi connectivity index (χ1) is 9.91. The fourth-order valence-corrected chi connectivity index (χ4v) is 7.99. The molecule has 2 N–H and O–H groups in total. The van der Waals surface area contributed by atoms with E-state index in [1.54, 1.807) is 0 Å². The SMILES string of the molecule is CC(C)C1C2CC(C1C(C)C)C1C3CC(CC3C(O)O)C21. The van der Waals surface area contributed by atoms with Gasteiger partial charge in [0.15, 0.2) is 6.29 Å². The van der Waals surface area contributed by atoms with Crippen LogP contribution in [0, 0.1) is 65.1 Å². The van der Waals surface area contributed by atoms with Crippen LogP contribution in [-0.2, 0) is 0 Å². The molecule has 4 aliphatic carbocycles. The lowest BCUT2D eigenvalue weighted by atomic mass is 9.57. The fraction of sp³-hybridized carbons (Fsp3) is 1.00. The Morgan fingerprint density at radius 2 is 1.29 bits per heavy atom. The molecule has 0 aliphatic heterocycles. The molecule has 4 aliphatic rings. The van der Waals surface area contributed by atoms with Crippen LogP contribution in [0.4, 0.5) is 0 Å². The highest BCUT2D eigenvalue weighted by molar-refractivity contribution is 5.15. The van der Waals surface area contributed by atoms with Gasteiger partial charge >= 0.3 is 0 Å². The summed E-state index contributed by atoms with van der Waals surface area (Å²) >= 11 is 0. The molecule has 9 unspecified atom stereocenters. The van der Waals surface area contributed by atoms with E-state index in [2.05, 4.69) is 27.7 Å². The minimum absolute atomic E-state index is 0.181. The third-order valence-corrected chi connectivity index (χ3v) is 8.07. The molecular formula is C19H32O2. The van der Waals surface area contributed by atoms with E-state index in [1.807, 2.05) is 0 Å². The number of rotatable bonds is 3. The molecule has 0 heterocycles. The van der Waals surface area contributed by atoms with Crippen molar-refractivity contribution in [3.05, 3.63) is 0 Å². The third kappa shape index (κ3) is 1.78. The quantitative estimate of drug-likeness (QED) is 0.618. The lowest BCUT2D eigenvalue weighted by Crippen LogP contribution is -2.45. The first-order valence-corrected chi connectivity index (χ1v) is 9.28. The lowest BCUT2D eigenvalue weighted by Gasteiger charge is -2.48. The molecule has 4 fully saturated rings. The Bertz CT molecular complexity index is 416. The highest BCUT2D eigenvalue weighted by Gasteiger charge is 2.68. The van der Waals surface area contributed by atoms with Crippen LogP contribution in [0.5, 0.6) is 0 Å². The molecule has 2 nitrogen and oxygen atoms in total. The van der Waals surface area contributed by atoms with Crippen LogP contribution >= 0.6 is 0 Å². The van der Waals surface area contributed by atoms with Gasteiger partial charge in [-0.05, 0) is 78.4 Å². The molecule has 0 aromatic heterocycles. The smallest absolute Gasteiger partial charge is 0.154 e. The highest BCUT2D eigenvalue weighted by atomic mass is 16.5. The van der Waals surface area contributed by atoms with Gasteiger partial charge in [0.25, 0.3) is 0 Å². The summed E-state index contributed by atoms with van der Waals surface area (Å²) in [6.45, 7) is 9.70. The molecule has 120 valence electrons. The third-order valence-electron chi connectivity index (χ3n) is 8.07. The summed E-state index contributed by atoms with van der Waals surface area (Å²) in [5.41, 5.74) is 0. The van der Waals surface area contributed by atoms with E-state index in [4.69, 9.17) is 0 Å². The van der Waals surface area contributed by atoms with Gasteiger partial charge in [0.2, 0.25) is 0 Å². The maximum absolute atomic E-state index is 9.74. The van der Waals surface area contributed by atoms with Gasteiger partial charge in [-0.1, -0.05) is 27.7 Å². The predicted molar refractivity (Wildman–Crippen MR) is 83.2 cm³/mol. The van der Waals surface area contributed by atoms with Crippen LogP contribution < -0.4 is 0 Å². The maximum atomic E-state index is 9.74. The topological polar surface area (TPSA) is 40.5 Å². The summed E-state index contributed by atoms with van der Waals surface area (Å²) in [7, 11) is 0. The number of hydrogen-bond donors (Lipinski definition) is 2. The largest absolute Gasteiger partial charge is 0.368 e. The molecule has 4 rings (SSSR count). The Hall–Kier alpha value is -0.0800. The van der Waals surface area contributed by atoms with Crippen molar-refractivity contribution in [2.24, 2.45) is 65.1 Å². The van der Waals surface area contributed by atoms with Crippen LogP contribution in [0.25, 0.3) is 0 Å². The summed E-state index contributed by atoms with van der Waals surface area (Å²) in [4.78, 5) is 0. The molecule has 4 saturated carbocycles. The van der Waals surface area contributed by atoms with E-state index in [0.29, 0.717) is 5.92 Å². The van der Waals surface area contributed by atoms with Crippen molar-refractivity contribution in [2.45, 2.75) is 53.2 Å². The second-order valence-corrected chi connectivity index (χ2v) is 9.33. The van der Waals surface area contributed by atoms with Gasteiger partial charge in [-0.3, -0.25) is 0 Å². The van der Waals surface area contributed by atoms with E-state index in [1.165, 1.54) is 12.8 Å². The van der Waals surface area contributed by atoms with E-state index in [0.717, 1.165) is 59.7 Å². The Morgan fingerprint density at radius 1 is 0.714 bits per heavy atom. The monoisotopic (exact) mass is 292 g/mol. The number of hydrogen-bond acceptors (Lipinski definition) is 2. The van der Waals surface area contributed by atoms with Gasteiger partial charge in [0.05, 0.1) is 0 Å². The van der Waals surface area contributed by atoms with Gasteiger partial charge in [-0.15, -0.1) is 0 Å². The molecule has 21 heavy (non-hydrogen) atoms. The molecule has 0 aromatic carbocycles. The van der Waals surface area contributed by atoms with E-state index < -0.39 is 6.29 Å². The summed E-state index contributed by atoms with van der Waals surface area (Å²) < 4.78 is 0. The zero-order valence-corrected chi connectivity index (χ0v) is 13.9. The van der Waals surface area contributed by atoms with Crippen molar-refractivity contribution in [3.8, 4) is 0 Å². The number of aliphatic hydroxyl groups is 2. The van der Waals surface area contributed by atoms with Gasteiger partial charge in [-0.25, -0.2) is 0 Å². The normalized spacial score (nSPS) is 54.4. The van der Waals surface area contributed by atoms with Crippen LogP contribution in [0.15, 0.2) is 0 Å². The van der Waals surface area contributed by atoms with Gasteiger partial charge in [0.1, 0.15) is 0 Å². The Labute approximate surface area is 129 Å². The maximum Gasteiger partial charge on any atom is 0.154 e. The van der Waals surface area contributed by atoms with Crippen molar-refractivity contribution in [1.29, 1.82) is 0 Å². The van der Waals surface area contributed by atoms with Crippen LogP contribution in [0.2, 0.25) is 0 Å². The van der Waals surface area contributed by atoms with Gasteiger partial charge in [-0.2, -0.15) is 0 Å². The van der Waals surface area contributed by atoms with Crippen molar-refractivity contribution < 1.29 is 10.2 Å². The molecule has 9 atom stereocenters. The minimum atomic E-state index is -1.07. The molecule has 4 bridgehead atoms.